The summed E-state index contributed by atoms with van der Waals surface area (Å²) < 4.78 is 14.9. The van der Waals surface area contributed by atoms with E-state index in [0.717, 1.165) is 12.3 Å². The summed E-state index contributed by atoms with van der Waals surface area (Å²) in [7, 11) is -2.32. The lowest BCUT2D eigenvalue weighted by molar-refractivity contribution is 0.164. The number of benzene rings is 1. The van der Waals surface area contributed by atoms with E-state index in [2.05, 4.69) is 78.8 Å². The molecule has 2 fully saturated rings. The Kier molecular flexibility index (Phi) is 5.28. The van der Waals surface area contributed by atoms with Crippen LogP contribution in [0.2, 0.25) is 0 Å². The van der Waals surface area contributed by atoms with Gasteiger partial charge in [0.2, 0.25) is 0 Å². The molecule has 1 heterocycles. The highest BCUT2D eigenvalue weighted by Crippen LogP contribution is 2.85. The minimum Gasteiger partial charge on any atom is -0.322 e. The standard InChI is InChI=1S/C24H39OP/c1-17(2)20-14-13-18(3)15-21(20)26(25)22(23(4,5)24(26,6)7)16-19-11-9-8-10-12-19/h8-12,17-18,20-22H,13-16H2,1-7H3/t18-,20+,21-,22-,26+/m1/s1. The van der Waals surface area contributed by atoms with Gasteiger partial charge in [0, 0.05) is 16.5 Å². The fourth-order valence-corrected chi connectivity index (χ4v) is 12.6. The van der Waals surface area contributed by atoms with Crippen molar-refractivity contribution in [2.24, 2.45) is 23.2 Å². The molecule has 1 aliphatic heterocycles. The Morgan fingerprint density at radius 1 is 1.08 bits per heavy atom. The molecule has 1 saturated carbocycles. The third-order valence-electron chi connectivity index (χ3n) is 8.50. The van der Waals surface area contributed by atoms with E-state index < -0.39 is 7.14 Å². The van der Waals surface area contributed by atoms with Crippen LogP contribution >= 0.6 is 7.14 Å². The maximum Gasteiger partial charge on any atom is 0.101 e. The summed E-state index contributed by atoms with van der Waals surface area (Å²) in [6.45, 7) is 16.4. The molecule has 0 unspecified atom stereocenters. The molecule has 26 heavy (non-hydrogen) atoms. The minimum absolute atomic E-state index is 0.0612. The first-order chi connectivity index (χ1) is 12.0. The fraction of sp³-hybridized carbons (Fsp3) is 0.750. The van der Waals surface area contributed by atoms with Crippen molar-refractivity contribution in [3.63, 3.8) is 0 Å². The second-order valence-corrected chi connectivity index (χ2v) is 14.4. The van der Waals surface area contributed by atoms with E-state index in [1.54, 1.807) is 0 Å². The third kappa shape index (κ3) is 2.85. The van der Waals surface area contributed by atoms with Crippen LogP contribution in [0.4, 0.5) is 0 Å². The van der Waals surface area contributed by atoms with E-state index >= 15 is 0 Å². The average Bonchev–Trinajstić information content (AvgIpc) is 2.59. The molecule has 0 aromatic heterocycles. The van der Waals surface area contributed by atoms with Gasteiger partial charge in [0.05, 0.1) is 0 Å². The summed E-state index contributed by atoms with van der Waals surface area (Å²) in [5.41, 5.74) is 2.22. The molecule has 5 atom stereocenters. The largest absolute Gasteiger partial charge is 0.322 e. The molecule has 146 valence electrons. The van der Waals surface area contributed by atoms with Crippen LogP contribution in [0.5, 0.6) is 0 Å². The highest BCUT2D eigenvalue weighted by molar-refractivity contribution is 7.68. The van der Waals surface area contributed by atoms with Crippen molar-refractivity contribution in [1.29, 1.82) is 0 Å². The maximum absolute atomic E-state index is 14.9. The van der Waals surface area contributed by atoms with Crippen LogP contribution in [0.15, 0.2) is 30.3 Å². The minimum atomic E-state index is -2.32. The van der Waals surface area contributed by atoms with Crippen molar-refractivity contribution in [3.8, 4) is 0 Å². The Labute approximate surface area is 161 Å². The summed E-state index contributed by atoms with van der Waals surface area (Å²) >= 11 is 0. The van der Waals surface area contributed by atoms with Crippen LogP contribution in [0, 0.1) is 23.2 Å². The summed E-state index contributed by atoms with van der Waals surface area (Å²) in [5.74, 6) is 1.98. The van der Waals surface area contributed by atoms with Crippen LogP contribution in [-0.4, -0.2) is 16.5 Å². The normalized spacial score (nSPS) is 38.8. The summed E-state index contributed by atoms with van der Waals surface area (Å²) in [6.07, 6.45) is 4.73. The van der Waals surface area contributed by atoms with Gasteiger partial charge in [-0.15, -0.1) is 0 Å². The monoisotopic (exact) mass is 374 g/mol. The second-order valence-electron chi connectivity index (χ2n) is 10.6. The Hall–Kier alpha value is -0.550. The van der Waals surface area contributed by atoms with Gasteiger partial charge in [-0.3, -0.25) is 0 Å². The number of hydrogen-bond donors (Lipinski definition) is 0. The molecular weight excluding hydrogens is 335 g/mol. The maximum atomic E-state index is 14.9. The summed E-state index contributed by atoms with van der Waals surface area (Å²) in [6, 6.07) is 10.8. The number of rotatable bonds is 4. The van der Waals surface area contributed by atoms with E-state index in [1.165, 1.54) is 24.8 Å². The Balaban J connectivity index is 2.01. The van der Waals surface area contributed by atoms with E-state index in [4.69, 9.17) is 0 Å². The molecule has 0 amide bonds. The lowest BCUT2D eigenvalue weighted by atomic mass is 9.73. The van der Waals surface area contributed by atoms with Gasteiger partial charge < -0.3 is 4.57 Å². The van der Waals surface area contributed by atoms with Crippen LogP contribution in [0.25, 0.3) is 0 Å². The summed E-state index contributed by atoms with van der Waals surface area (Å²) in [5, 5.41) is -0.0612. The number of hydrogen-bond acceptors (Lipinski definition) is 1. The Bertz CT molecular complexity index is 673. The molecule has 1 aromatic carbocycles. The lowest BCUT2D eigenvalue weighted by Gasteiger charge is -2.68. The first kappa shape index (κ1) is 20.2. The van der Waals surface area contributed by atoms with Gasteiger partial charge >= 0.3 is 0 Å². The highest BCUT2D eigenvalue weighted by atomic mass is 31.2. The molecule has 0 bridgehead atoms. The third-order valence-corrected chi connectivity index (χ3v) is 14.2. The van der Waals surface area contributed by atoms with E-state index in [1.807, 2.05) is 0 Å². The first-order valence-corrected chi connectivity index (χ1v) is 12.5. The van der Waals surface area contributed by atoms with E-state index in [9.17, 15) is 4.57 Å². The zero-order valence-corrected chi connectivity index (χ0v) is 18.9. The molecule has 0 N–H and O–H groups in total. The molecule has 2 heteroatoms. The zero-order valence-electron chi connectivity index (χ0n) is 18.0. The molecule has 1 saturated heterocycles. The topological polar surface area (TPSA) is 17.1 Å². The molecule has 1 nitrogen and oxygen atoms in total. The second kappa shape index (κ2) is 6.80. The van der Waals surface area contributed by atoms with Crippen molar-refractivity contribution in [3.05, 3.63) is 35.9 Å². The Morgan fingerprint density at radius 2 is 1.69 bits per heavy atom. The first-order valence-electron chi connectivity index (χ1n) is 10.7. The lowest BCUT2D eigenvalue weighted by Crippen LogP contribution is -2.63. The smallest absolute Gasteiger partial charge is 0.101 e. The highest BCUT2D eigenvalue weighted by Gasteiger charge is 2.72. The predicted octanol–water partition coefficient (Wildman–Crippen LogP) is 7.24. The molecule has 2 aliphatic rings. The SMILES string of the molecule is CC(C)[C@@H]1CC[C@@H](C)C[C@H]1[P@]1(=O)[C@H](Cc2ccccc2)C(C)(C)C1(C)C. The predicted molar refractivity (Wildman–Crippen MR) is 115 cm³/mol. The fourth-order valence-electron chi connectivity index (χ4n) is 6.13. The van der Waals surface area contributed by atoms with E-state index in [0.29, 0.717) is 23.2 Å². The average molecular weight is 375 g/mol. The van der Waals surface area contributed by atoms with Crippen molar-refractivity contribution < 1.29 is 4.57 Å². The van der Waals surface area contributed by atoms with Crippen LogP contribution < -0.4 is 0 Å². The van der Waals surface area contributed by atoms with Gasteiger partial charge in [0.1, 0.15) is 7.14 Å². The molecule has 0 spiro atoms. The van der Waals surface area contributed by atoms with Crippen molar-refractivity contribution in [2.75, 3.05) is 0 Å². The molecule has 3 rings (SSSR count). The van der Waals surface area contributed by atoms with Gasteiger partial charge in [0.25, 0.3) is 0 Å². The quantitative estimate of drug-likeness (QED) is 0.508. The van der Waals surface area contributed by atoms with Crippen LogP contribution in [-0.2, 0) is 11.0 Å². The molecule has 1 aliphatic carbocycles. The molecule has 0 radical (unpaired) electrons. The van der Waals surface area contributed by atoms with Gasteiger partial charge in [-0.1, -0.05) is 85.2 Å². The van der Waals surface area contributed by atoms with Crippen LogP contribution in [0.3, 0.4) is 0 Å². The van der Waals surface area contributed by atoms with Gasteiger partial charge in [-0.2, -0.15) is 0 Å². The molecule has 1 aromatic rings. The zero-order chi connectivity index (χ0) is 19.3. The van der Waals surface area contributed by atoms with Gasteiger partial charge in [-0.25, -0.2) is 0 Å². The van der Waals surface area contributed by atoms with Crippen molar-refractivity contribution >= 4 is 7.14 Å². The van der Waals surface area contributed by atoms with Crippen LogP contribution in [0.1, 0.15) is 73.3 Å². The molecular formula is C24H39OP. The van der Waals surface area contributed by atoms with Crippen molar-refractivity contribution in [2.45, 2.75) is 90.6 Å². The van der Waals surface area contributed by atoms with E-state index in [-0.39, 0.29) is 10.6 Å². The summed E-state index contributed by atoms with van der Waals surface area (Å²) in [4.78, 5) is 0. The van der Waals surface area contributed by atoms with Crippen molar-refractivity contribution in [1.82, 2.24) is 0 Å². The van der Waals surface area contributed by atoms with Gasteiger partial charge in [0.15, 0.2) is 0 Å². The van der Waals surface area contributed by atoms with Gasteiger partial charge in [-0.05, 0) is 48.0 Å². The Morgan fingerprint density at radius 3 is 2.27 bits per heavy atom.